The molecule has 1 atom stereocenters. The molecule has 34 heavy (non-hydrogen) atoms. The molecule has 1 aliphatic heterocycles. The molecule has 7 nitrogen and oxygen atoms in total. The number of hydrogen-bond acceptors (Lipinski definition) is 6. The van der Waals surface area contributed by atoms with Crippen molar-refractivity contribution >= 4 is 17.3 Å². The third-order valence-electron chi connectivity index (χ3n) is 6.24. The van der Waals surface area contributed by atoms with Gasteiger partial charge in [-0.15, -0.1) is 0 Å². The van der Waals surface area contributed by atoms with Crippen LogP contribution in [0.15, 0.2) is 52.6 Å². The summed E-state index contributed by atoms with van der Waals surface area (Å²) in [5.74, 6) is -0.463. The predicted molar refractivity (Wildman–Crippen MR) is 127 cm³/mol. The summed E-state index contributed by atoms with van der Waals surface area (Å²) in [5, 5.41) is 31.7. The van der Waals surface area contributed by atoms with E-state index in [2.05, 4.69) is 48.0 Å². The van der Waals surface area contributed by atoms with Crippen molar-refractivity contribution in [2.45, 2.75) is 48.6 Å². The van der Waals surface area contributed by atoms with Crippen LogP contribution in [-0.4, -0.2) is 31.5 Å². The van der Waals surface area contributed by atoms with Gasteiger partial charge in [0, 0.05) is 44.9 Å². The third kappa shape index (κ3) is 3.83. The Balaban J connectivity index is 1.61. The van der Waals surface area contributed by atoms with E-state index >= 15 is 0 Å². The van der Waals surface area contributed by atoms with Crippen LogP contribution >= 0.6 is 11.8 Å². The van der Waals surface area contributed by atoms with Gasteiger partial charge < -0.3 is 5.32 Å². The second-order valence-corrected chi connectivity index (χ2v) is 10.2. The highest BCUT2D eigenvalue weighted by molar-refractivity contribution is 7.99. The number of hydrogen-bond donors (Lipinski definition) is 1. The van der Waals surface area contributed by atoms with Crippen LogP contribution in [0.5, 0.6) is 0 Å². The Morgan fingerprint density at radius 3 is 2.62 bits per heavy atom. The van der Waals surface area contributed by atoms with Crippen LogP contribution in [0.4, 0.5) is 4.39 Å². The Hall–Kier alpha value is -3.66. The number of nitrogens with zero attached hydrogens (tertiary/aromatic N) is 6. The van der Waals surface area contributed by atoms with E-state index in [0.29, 0.717) is 16.0 Å². The minimum atomic E-state index is -0.463. The van der Waals surface area contributed by atoms with Crippen LogP contribution in [0, 0.1) is 35.4 Å². The summed E-state index contributed by atoms with van der Waals surface area (Å²) in [5.41, 5.74) is 4.32. The maximum absolute atomic E-state index is 13.7. The molecule has 0 saturated carbocycles. The van der Waals surface area contributed by atoms with E-state index in [1.807, 2.05) is 18.5 Å². The summed E-state index contributed by atoms with van der Waals surface area (Å²) >= 11 is 1.32. The van der Waals surface area contributed by atoms with Gasteiger partial charge in [0.25, 0.3) is 0 Å². The predicted octanol–water partition coefficient (Wildman–Crippen LogP) is 4.85. The molecule has 0 aliphatic carbocycles. The molecule has 4 heterocycles. The first-order valence-corrected chi connectivity index (χ1v) is 11.7. The van der Waals surface area contributed by atoms with Crippen molar-refractivity contribution in [1.82, 2.24) is 24.7 Å². The lowest BCUT2D eigenvalue weighted by molar-refractivity contribution is 0.419. The quantitative estimate of drug-likeness (QED) is 0.457. The van der Waals surface area contributed by atoms with E-state index < -0.39 is 5.82 Å². The Kier molecular flexibility index (Phi) is 5.40. The second kappa shape index (κ2) is 8.28. The number of pyridine rings is 1. The van der Waals surface area contributed by atoms with Gasteiger partial charge in [0.2, 0.25) is 0 Å². The van der Waals surface area contributed by atoms with E-state index in [1.54, 1.807) is 10.6 Å². The van der Waals surface area contributed by atoms with Gasteiger partial charge in [-0.1, -0.05) is 11.8 Å². The molecule has 0 unspecified atom stereocenters. The van der Waals surface area contributed by atoms with E-state index in [0.717, 1.165) is 34.7 Å². The van der Waals surface area contributed by atoms with E-state index in [-0.39, 0.29) is 17.1 Å². The number of nitrogens with one attached hydrogen (secondary N) is 1. The van der Waals surface area contributed by atoms with Crippen LogP contribution in [0.2, 0.25) is 0 Å². The maximum Gasteiger partial charge on any atom is 0.124 e. The number of benzene rings is 1. The van der Waals surface area contributed by atoms with Crippen molar-refractivity contribution in [3.8, 4) is 23.3 Å². The lowest BCUT2D eigenvalue weighted by atomic mass is 10.0. The molecule has 5 rings (SSSR count). The van der Waals surface area contributed by atoms with Gasteiger partial charge in [-0.3, -0.25) is 4.68 Å². The Bertz CT molecular complexity index is 1500. The Labute approximate surface area is 200 Å². The van der Waals surface area contributed by atoms with Crippen LogP contribution in [0.1, 0.15) is 43.1 Å². The highest BCUT2D eigenvalue weighted by Gasteiger charge is 2.32. The first-order valence-electron chi connectivity index (χ1n) is 10.9. The molecular weight excluding hydrogens is 449 g/mol. The van der Waals surface area contributed by atoms with Gasteiger partial charge >= 0.3 is 0 Å². The molecule has 0 bridgehead atoms. The van der Waals surface area contributed by atoms with Gasteiger partial charge in [-0.25, -0.2) is 8.91 Å². The molecule has 1 aromatic carbocycles. The highest BCUT2D eigenvalue weighted by Crippen LogP contribution is 2.38. The van der Waals surface area contributed by atoms with Crippen molar-refractivity contribution in [2.75, 3.05) is 6.54 Å². The summed E-state index contributed by atoms with van der Waals surface area (Å²) in [6, 6.07) is 10.6. The zero-order valence-electron chi connectivity index (χ0n) is 19.0. The SMILES string of the molecule is Cc1c(-c2cc(Sc3ccc(F)cc3C#N)c3c(C#N)cnn3c2)cnn1[C@@H]1CNC(C)(C)C1. The van der Waals surface area contributed by atoms with Crippen molar-refractivity contribution < 1.29 is 4.39 Å². The Morgan fingerprint density at radius 2 is 1.91 bits per heavy atom. The fourth-order valence-electron chi connectivity index (χ4n) is 4.56. The molecule has 1 fully saturated rings. The lowest BCUT2D eigenvalue weighted by Crippen LogP contribution is -2.31. The average molecular weight is 472 g/mol. The van der Waals surface area contributed by atoms with E-state index in [4.69, 9.17) is 5.10 Å². The molecule has 1 aliphatic rings. The highest BCUT2D eigenvalue weighted by atomic mass is 32.2. The maximum atomic E-state index is 13.7. The van der Waals surface area contributed by atoms with Crippen LogP contribution < -0.4 is 5.32 Å². The van der Waals surface area contributed by atoms with Gasteiger partial charge in [0.1, 0.15) is 18.0 Å². The lowest BCUT2D eigenvalue weighted by Gasteiger charge is -2.18. The monoisotopic (exact) mass is 471 g/mol. The van der Waals surface area contributed by atoms with Gasteiger partial charge in [0.05, 0.1) is 35.1 Å². The van der Waals surface area contributed by atoms with Crippen LogP contribution in [-0.2, 0) is 0 Å². The first-order chi connectivity index (χ1) is 16.3. The fourth-order valence-corrected chi connectivity index (χ4v) is 5.64. The normalized spacial score (nSPS) is 17.1. The topological polar surface area (TPSA) is 94.7 Å². The largest absolute Gasteiger partial charge is 0.310 e. The minimum Gasteiger partial charge on any atom is -0.310 e. The summed E-state index contributed by atoms with van der Waals surface area (Å²) in [6.07, 6.45) is 6.27. The van der Waals surface area contributed by atoms with E-state index in [9.17, 15) is 14.9 Å². The molecule has 0 amide bonds. The van der Waals surface area contributed by atoms with Crippen LogP contribution in [0.25, 0.3) is 16.6 Å². The number of nitriles is 2. The molecule has 3 aromatic heterocycles. The fraction of sp³-hybridized carbons (Fsp3) is 0.280. The van der Waals surface area contributed by atoms with Crippen molar-refractivity contribution in [2.24, 2.45) is 0 Å². The van der Waals surface area contributed by atoms with Crippen molar-refractivity contribution in [3.63, 3.8) is 0 Å². The summed E-state index contributed by atoms with van der Waals surface area (Å²) in [7, 11) is 0. The van der Waals surface area contributed by atoms with Crippen molar-refractivity contribution in [1.29, 1.82) is 10.5 Å². The molecule has 4 aromatic rings. The molecule has 170 valence electrons. The summed E-state index contributed by atoms with van der Waals surface area (Å²) < 4.78 is 17.4. The third-order valence-corrected chi connectivity index (χ3v) is 7.35. The first kappa shape index (κ1) is 22.1. The molecule has 9 heteroatoms. The summed E-state index contributed by atoms with van der Waals surface area (Å²) in [6.45, 7) is 7.31. The standard InChI is InChI=1S/C25H22FN7S/c1-15-21(13-31-33(15)20-8-25(2,3)29-12-20)17-7-23(24-18(10-28)11-30-32(24)14-17)34-22-5-4-19(26)6-16(22)9-27/h4-7,11,13-14,20,29H,8,12H2,1-3H3/t20-/m0/s1. The number of halogens is 1. The zero-order chi connectivity index (χ0) is 24.0. The molecular formula is C25H22FN7S. The molecule has 0 radical (unpaired) electrons. The average Bonchev–Trinajstić information content (AvgIpc) is 3.50. The number of fused-ring (bicyclic) bond motifs is 1. The smallest absolute Gasteiger partial charge is 0.124 e. The molecule has 1 N–H and O–H groups in total. The van der Waals surface area contributed by atoms with Crippen molar-refractivity contribution in [3.05, 3.63) is 65.5 Å². The summed E-state index contributed by atoms with van der Waals surface area (Å²) in [4.78, 5) is 1.37. The Morgan fingerprint density at radius 1 is 1.12 bits per heavy atom. The van der Waals surface area contributed by atoms with Gasteiger partial charge in [-0.05, 0) is 51.5 Å². The molecule has 0 spiro atoms. The number of aromatic nitrogens is 4. The number of rotatable bonds is 4. The van der Waals surface area contributed by atoms with Crippen LogP contribution in [0.3, 0.4) is 0 Å². The minimum absolute atomic E-state index is 0.0717. The zero-order valence-corrected chi connectivity index (χ0v) is 19.8. The van der Waals surface area contributed by atoms with E-state index in [1.165, 1.54) is 30.1 Å². The molecule has 1 saturated heterocycles. The van der Waals surface area contributed by atoms with Gasteiger partial charge in [-0.2, -0.15) is 20.7 Å². The second-order valence-electron chi connectivity index (χ2n) is 9.12. The van der Waals surface area contributed by atoms with Gasteiger partial charge in [0.15, 0.2) is 0 Å².